The molecule has 1 aliphatic rings. The molecule has 0 heterocycles. The van der Waals surface area contributed by atoms with Gasteiger partial charge in [-0.2, -0.15) is 0 Å². The summed E-state index contributed by atoms with van der Waals surface area (Å²) in [5.74, 6) is 1.01. The van der Waals surface area contributed by atoms with Gasteiger partial charge in [-0.05, 0) is 52.4 Å². The van der Waals surface area contributed by atoms with Crippen molar-refractivity contribution in [3.63, 3.8) is 0 Å². The second kappa shape index (κ2) is 5.17. The third-order valence-electron chi connectivity index (χ3n) is 3.88. The first-order valence-corrected chi connectivity index (χ1v) is 6.33. The van der Waals surface area contributed by atoms with Gasteiger partial charge in [0.05, 0.1) is 11.6 Å². The Bertz CT molecular complexity index is 240. The Kier molecular flexibility index (Phi) is 4.36. The standard InChI is InChI=1S/C13H25NO2/c1-9-5-7-11(8-6-9)12(16)14-13(3,4)10(2)15/h9-11,15H,5-8H2,1-4H3,(H,14,16). The maximum Gasteiger partial charge on any atom is 0.223 e. The first-order chi connectivity index (χ1) is 7.33. The highest BCUT2D eigenvalue weighted by Gasteiger charge is 2.31. The minimum atomic E-state index is -0.529. The van der Waals surface area contributed by atoms with Crippen LogP contribution >= 0.6 is 0 Å². The number of hydrogen-bond donors (Lipinski definition) is 2. The fourth-order valence-electron chi connectivity index (χ4n) is 2.05. The summed E-state index contributed by atoms with van der Waals surface area (Å²) in [5.41, 5.74) is -0.528. The van der Waals surface area contributed by atoms with E-state index in [-0.39, 0.29) is 11.8 Å². The van der Waals surface area contributed by atoms with Gasteiger partial charge >= 0.3 is 0 Å². The zero-order valence-electron chi connectivity index (χ0n) is 10.9. The zero-order chi connectivity index (χ0) is 12.3. The molecule has 16 heavy (non-hydrogen) atoms. The van der Waals surface area contributed by atoms with Crippen LogP contribution in [0.1, 0.15) is 53.4 Å². The van der Waals surface area contributed by atoms with Crippen LogP contribution in [-0.4, -0.2) is 22.7 Å². The summed E-state index contributed by atoms with van der Waals surface area (Å²) < 4.78 is 0. The minimum absolute atomic E-state index is 0.109. The number of carbonyl (C=O) groups is 1. The van der Waals surface area contributed by atoms with Crippen molar-refractivity contribution in [2.24, 2.45) is 11.8 Å². The lowest BCUT2D eigenvalue weighted by atomic mass is 9.82. The number of carbonyl (C=O) groups excluding carboxylic acids is 1. The summed E-state index contributed by atoms with van der Waals surface area (Å²) in [5, 5.41) is 12.5. The number of rotatable bonds is 3. The van der Waals surface area contributed by atoms with Crippen molar-refractivity contribution in [3.05, 3.63) is 0 Å². The Balaban J connectivity index is 2.46. The molecule has 94 valence electrons. The normalized spacial score (nSPS) is 28.6. The second-order valence-corrected chi connectivity index (χ2v) is 5.84. The number of nitrogens with one attached hydrogen (secondary N) is 1. The Hall–Kier alpha value is -0.570. The van der Waals surface area contributed by atoms with E-state index in [1.807, 2.05) is 13.8 Å². The summed E-state index contributed by atoms with van der Waals surface area (Å²) in [6, 6.07) is 0. The summed E-state index contributed by atoms with van der Waals surface area (Å²) in [6.07, 6.45) is 3.74. The van der Waals surface area contributed by atoms with E-state index >= 15 is 0 Å². The van der Waals surface area contributed by atoms with Crippen LogP contribution in [0, 0.1) is 11.8 Å². The first-order valence-electron chi connectivity index (χ1n) is 6.33. The molecule has 0 spiro atoms. The molecule has 1 aliphatic carbocycles. The van der Waals surface area contributed by atoms with Crippen LogP contribution in [0.4, 0.5) is 0 Å². The van der Waals surface area contributed by atoms with E-state index in [1.54, 1.807) is 6.92 Å². The van der Waals surface area contributed by atoms with Crippen LogP contribution in [-0.2, 0) is 4.79 Å². The van der Waals surface area contributed by atoms with E-state index in [1.165, 1.54) is 0 Å². The number of aliphatic hydroxyl groups is 1. The Morgan fingerprint density at radius 1 is 1.31 bits per heavy atom. The topological polar surface area (TPSA) is 49.3 Å². The Labute approximate surface area is 98.6 Å². The van der Waals surface area contributed by atoms with Crippen LogP contribution < -0.4 is 5.32 Å². The van der Waals surface area contributed by atoms with Crippen molar-refractivity contribution in [2.75, 3.05) is 0 Å². The van der Waals surface area contributed by atoms with Crippen molar-refractivity contribution >= 4 is 5.91 Å². The molecule has 1 fully saturated rings. The van der Waals surface area contributed by atoms with Gasteiger partial charge in [0.25, 0.3) is 0 Å². The van der Waals surface area contributed by atoms with Gasteiger partial charge in [0.15, 0.2) is 0 Å². The molecule has 0 aliphatic heterocycles. The predicted molar refractivity (Wildman–Crippen MR) is 65.0 cm³/mol. The van der Waals surface area contributed by atoms with Gasteiger partial charge in [-0.15, -0.1) is 0 Å². The summed E-state index contributed by atoms with van der Waals surface area (Å²) in [6.45, 7) is 7.68. The highest BCUT2D eigenvalue weighted by molar-refractivity contribution is 5.79. The average Bonchev–Trinajstić information content (AvgIpc) is 2.17. The quantitative estimate of drug-likeness (QED) is 0.775. The molecule has 1 unspecified atom stereocenters. The van der Waals surface area contributed by atoms with Gasteiger partial charge in [-0.25, -0.2) is 0 Å². The molecule has 0 aromatic rings. The van der Waals surface area contributed by atoms with E-state index in [0.29, 0.717) is 0 Å². The number of hydrogen-bond acceptors (Lipinski definition) is 2. The molecule has 0 saturated heterocycles. The number of amides is 1. The molecule has 0 aromatic carbocycles. The van der Waals surface area contributed by atoms with E-state index < -0.39 is 11.6 Å². The maximum absolute atomic E-state index is 12.0. The predicted octanol–water partition coefficient (Wildman–Crippen LogP) is 2.09. The molecular formula is C13H25NO2. The first kappa shape index (κ1) is 13.5. The van der Waals surface area contributed by atoms with Crippen molar-refractivity contribution in [3.8, 4) is 0 Å². The van der Waals surface area contributed by atoms with E-state index in [4.69, 9.17) is 0 Å². The van der Waals surface area contributed by atoms with Crippen LogP contribution in [0.5, 0.6) is 0 Å². The molecule has 1 atom stereocenters. The van der Waals surface area contributed by atoms with Gasteiger partial charge in [0.1, 0.15) is 0 Å². The van der Waals surface area contributed by atoms with Gasteiger partial charge in [-0.3, -0.25) is 4.79 Å². The van der Waals surface area contributed by atoms with Crippen LogP contribution in [0.2, 0.25) is 0 Å². The molecule has 1 saturated carbocycles. The summed E-state index contributed by atoms with van der Waals surface area (Å²) in [7, 11) is 0. The van der Waals surface area contributed by atoms with Crippen molar-refractivity contribution in [2.45, 2.75) is 65.0 Å². The molecule has 0 aromatic heterocycles. The molecule has 0 radical (unpaired) electrons. The smallest absolute Gasteiger partial charge is 0.223 e. The van der Waals surface area contributed by atoms with Crippen LogP contribution in [0.3, 0.4) is 0 Å². The molecule has 2 N–H and O–H groups in total. The van der Waals surface area contributed by atoms with E-state index in [9.17, 15) is 9.90 Å². The van der Waals surface area contributed by atoms with E-state index in [0.717, 1.165) is 31.6 Å². The van der Waals surface area contributed by atoms with Crippen LogP contribution in [0.15, 0.2) is 0 Å². The van der Waals surface area contributed by atoms with Gasteiger partial charge in [0, 0.05) is 5.92 Å². The average molecular weight is 227 g/mol. The molecule has 3 nitrogen and oxygen atoms in total. The third kappa shape index (κ3) is 3.48. The lowest BCUT2D eigenvalue weighted by Gasteiger charge is -2.33. The fourth-order valence-corrected chi connectivity index (χ4v) is 2.05. The molecular weight excluding hydrogens is 202 g/mol. The monoisotopic (exact) mass is 227 g/mol. The fraction of sp³-hybridized carbons (Fsp3) is 0.923. The molecule has 3 heteroatoms. The van der Waals surface area contributed by atoms with E-state index in [2.05, 4.69) is 12.2 Å². The minimum Gasteiger partial charge on any atom is -0.391 e. The molecule has 0 bridgehead atoms. The van der Waals surface area contributed by atoms with Gasteiger partial charge < -0.3 is 10.4 Å². The second-order valence-electron chi connectivity index (χ2n) is 5.84. The highest BCUT2D eigenvalue weighted by Crippen LogP contribution is 2.28. The van der Waals surface area contributed by atoms with Gasteiger partial charge in [0.2, 0.25) is 5.91 Å². The molecule has 1 rings (SSSR count). The van der Waals surface area contributed by atoms with Crippen LogP contribution in [0.25, 0.3) is 0 Å². The maximum atomic E-state index is 12.0. The lowest BCUT2D eigenvalue weighted by molar-refractivity contribution is -0.129. The number of aliphatic hydroxyl groups excluding tert-OH is 1. The van der Waals surface area contributed by atoms with Gasteiger partial charge in [-0.1, -0.05) is 6.92 Å². The SMILES string of the molecule is CC1CCC(C(=O)NC(C)(C)C(C)O)CC1. The lowest BCUT2D eigenvalue weighted by Crippen LogP contribution is -2.53. The third-order valence-corrected chi connectivity index (χ3v) is 3.88. The largest absolute Gasteiger partial charge is 0.391 e. The Morgan fingerprint density at radius 3 is 2.25 bits per heavy atom. The van der Waals surface area contributed by atoms with Crippen molar-refractivity contribution in [1.82, 2.24) is 5.32 Å². The molecule has 1 amide bonds. The zero-order valence-corrected chi connectivity index (χ0v) is 10.9. The Morgan fingerprint density at radius 2 is 1.81 bits per heavy atom. The summed E-state index contributed by atoms with van der Waals surface area (Å²) >= 11 is 0. The summed E-state index contributed by atoms with van der Waals surface area (Å²) in [4.78, 5) is 12.0. The van der Waals surface area contributed by atoms with Crippen molar-refractivity contribution in [1.29, 1.82) is 0 Å². The van der Waals surface area contributed by atoms with Crippen molar-refractivity contribution < 1.29 is 9.90 Å². The highest BCUT2D eigenvalue weighted by atomic mass is 16.3.